The van der Waals surface area contributed by atoms with E-state index in [-0.39, 0.29) is 5.54 Å². The van der Waals surface area contributed by atoms with Crippen molar-refractivity contribution in [3.05, 3.63) is 0 Å². The second kappa shape index (κ2) is 6.04. The van der Waals surface area contributed by atoms with Gasteiger partial charge in [-0.2, -0.15) is 15.0 Å². The smallest absolute Gasteiger partial charge is 0.323 e. The highest BCUT2D eigenvalue weighted by atomic mass is 16.5. The van der Waals surface area contributed by atoms with E-state index >= 15 is 0 Å². The molecule has 0 unspecified atom stereocenters. The molecule has 1 aliphatic rings. The molecule has 1 saturated carbocycles. The molecule has 6 heteroatoms. The Morgan fingerprint density at radius 3 is 2.42 bits per heavy atom. The van der Waals surface area contributed by atoms with Gasteiger partial charge in [0.25, 0.3) is 0 Å². The summed E-state index contributed by atoms with van der Waals surface area (Å²) in [6, 6.07) is 0.373. The number of nitrogens with zero attached hydrogens (tertiary/aromatic N) is 3. The summed E-state index contributed by atoms with van der Waals surface area (Å²) in [5, 5.41) is 6.53. The molecule has 19 heavy (non-hydrogen) atoms. The van der Waals surface area contributed by atoms with E-state index in [0.717, 1.165) is 19.4 Å². The van der Waals surface area contributed by atoms with Gasteiger partial charge in [0, 0.05) is 12.1 Å². The average Bonchev–Trinajstić information content (AvgIpc) is 2.76. The third-order valence-corrected chi connectivity index (χ3v) is 3.34. The molecule has 0 radical (unpaired) electrons. The Bertz CT molecular complexity index is 393. The Balaban J connectivity index is 2.17. The van der Waals surface area contributed by atoms with E-state index < -0.39 is 0 Å². The molecule has 0 saturated heterocycles. The fourth-order valence-electron chi connectivity index (χ4n) is 2.39. The second-order valence-electron chi connectivity index (χ2n) is 5.12. The highest BCUT2D eigenvalue weighted by molar-refractivity contribution is 5.38. The van der Waals surface area contributed by atoms with Gasteiger partial charge in [-0.25, -0.2) is 0 Å². The number of hydrogen-bond donors (Lipinski definition) is 2. The highest BCUT2D eigenvalue weighted by Crippen LogP contribution is 2.31. The number of nitrogens with one attached hydrogen (secondary N) is 2. The summed E-state index contributed by atoms with van der Waals surface area (Å²) in [6.45, 7) is 7.47. The molecule has 1 fully saturated rings. The molecule has 2 N–H and O–H groups in total. The van der Waals surface area contributed by atoms with E-state index in [9.17, 15) is 0 Å². The molecule has 0 aromatic carbocycles. The fourth-order valence-corrected chi connectivity index (χ4v) is 2.39. The summed E-state index contributed by atoms with van der Waals surface area (Å²) in [5.41, 5.74) is 0.0916. The third kappa shape index (κ3) is 3.68. The summed E-state index contributed by atoms with van der Waals surface area (Å²) >= 11 is 0. The van der Waals surface area contributed by atoms with Crippen molar-refractivity contribution in [1.29, 1.82) is 0 Å². The van der Waals surface area contributed by atoms with Crippen LogP contribution in [0.25, 0.3) is 0 Å². The predicted molar refractivity (Wildman–Crippen MR) is 75.7 cm³/mol. The molecule has 2 rings (SSSR count). The summed E-state index contributed by atoms with van der Waals surface area (Å²) in [7, 11) is 0. The van der Waals surface area contributed by atoms with Gasteiger partial charge in [-0.15, -0.1) is 0 Å². The lowest BCUT2D eigenvalue weighted by Crippen LogP contribution is -2.32. The highest BCUT2D eigenvalue weighted by Gasteiger charge is 2.29. The summed E-state index contributed by atoms with van der Waals surface area (Å²) < 4.78 is 5.39. The van der Waals surface area contributed by atoms with Gasteiger partial charge >= 0.3 is 6.01 Å². The zero-order valence-corrected chi connectivity index (χ0v) is 12.0. The first kappa shape index (κ1) is 13.8. The monoisotopic (exact) mass is 265 g/mol. The first-order valence-electron chi connectivity index (χ1n) is 7.06. The summed E-state index contributed by atoms with van der Waals surface area (Å²) in [5.74, 6) is 1.16. The lowest BCUT2D eigenvalue weighted by molar-refractivity contribution is 0.312. The van der Waals surface area contributed by atoms with Crippen molar-refractivity contribution in [2.45, 2.75) is 52.0 Å². The quantitative estimate of drug-likeness (QED) is 0.823. The number of anilines is 2. The minimum Gasteiger partial charge on any atom is -0.464 e. The number of ether oxygens (including phenoxy) is 1. The van der Waals surface area contributed by atoms with Crippen LogP contribution in [0.2, 0.25) is 0 Å². The molecule has 0 spiro atoms. The molecular formula is C13H23N5O. The Kier molecular flexibility index (Phi) is 4.39. The van der Waals surface area contributed by atoms with Gasteiger partial charge < -0.3 is 15.4 Å². The van der Waals surface area contributed by atoms with Crippen molar-refractivity contribution in [1.82, 2.24) is 15.0 Å². The zero-order chi connectivity index (χ0) is 13.7. The topological polar surface area (TPSA) is 72.0 Å². The van der Waals surface area contributed by atoms with Gasteiger partial charge in [-0.1, -0.05) is 12.8 Å². The van der Waals surface area contributed by atoms with Crippen LogP contribution in [0.1, 0.15) is 46.5 Å². The largest absolute Gasteiger partial charge is 0.464 e. The number of hydrogen-bond acceptors (Lipinski definition) is 6. The summed E-state index contributed by atoms with van der Waals surface area (Å²) in [6.07, 6.45) is 4.82. The molecule has 0 atom stereocenters. The molecule has 0 amide bonds. The van der Waals surface area contributed by atoms with Crippen LogP contribution in [0.4, 0.5) is 11.9 Å². The van der Waals surface area contributed by atoms with Gasteiger partial charge in [0.1, 0.15) is 0 Å². The minimum atomic E-state index is 0.0916. The van der Waals surface area contributed by atoms with Crippen LogP contribution in [-0.4, -0.2) is 33.6 Å². The van der Waals surface area contributed by atoms with Crippen molar-refractivity contribution >= 4 is 11.9 Å². The SMILES string of the molecule is CCNc1nc(NC2(C)CCCC2)nc(OCC)n1. The maximum atomic E-state index is 5.39. The van der Waals surface area contributed by atoms with E-state index in [1.807, 2.05) is 13.8 Å². The average molecular weight is 265 g/mol. The first-order chi connectivity index (χ1) is 9.15. The Morgan fingerprint density at radius 1 is 1.11 bits per heavy atom. The van der Waals surface area contributed by atoms with Crippen molar-refractivity contribution in [2.24, 2.45) is 0 Å². The van der Waals surface area contributed by atoms with Crippen molar-refractivity contribution in [2.75, 3.05) is 23.8 Å². The summed E-state index contributed by atoms with van der Waals surface area (Å²) in [4.78, 5) is 12.9. The Morgan fingerprint density at radius 2 is 1.79 bits per heavy atom. The molecule has 6 nitrogen and oxygen atoms in total. The molecule has 1 heterocycles. The van der Waals surface area contributed by atoms with Gasteiger partial charge in [-0.05, 0) is 33.6 Å². The zero-order valence-electron chi connectivity index (χ0n) is 12.0. The maximum Gasteiger partial charge on any atom is 0.323 e. The molecule has 1 aromatic heterocycles. The van der Waals surface area contributed by atoms with Gasteiger partial charge in [0.15, 0.2) is 0 Å². The van der Waals surface area contributed by atoms with Crippen LogP contribution in [0.15, 0.2) is 0 Å². The number of rotatable bonds is 6. The van der Waals surface area contributed by atoms with E-state index in [4.69, 9.17) is 4.74 Å². The molecule has 106 valence electrons. The maximum absolute atomic E-state index is 5.39. The first-order valence-corrected chi connectivity index (χ1v) is 7.06. The fraction of sp³-hybridized carbons (Fsp3) is 0.769. The van der Waals surface area contributed by atoms with E-state index in [1.165, 1.54) is 12.8 Å². The normalized spacial score (nSPS) is 17.2. The van der Waals surface area contributed by atoms with Crippen LogP contribution in [0.3, 0.4) is 0 Å². The van der Waals surface area contributed by atoms with Gasteiger partial charge in [0.2, 0.25) is 11.9 Å². The van der Waals surface area contributed by atoms with Crippen molar-refractivity contribution in [3.8, 4) is 6.01 Å². The van der Waals surface area contributed by atoms with E-state index in [2.05, 4.69) is 32.5 Å². The van der Waals surface area contributed by atoms with Crippen molar-refractivity contribution < 1.29 is 4.74 Å². The molecule has 0 bridgehead atoms. The van der Waals surface area contributed by atoms with Crippen LogP contribution in [0.5, 0.6) is 6.01 Å². The van der Waals surface area contributed by atoms with Crippen LogP contribution in [-0.2, 0) is 0 Å². The van der Waals surface area contributed by atoms with Crippen LogP contribution in [0, 0.1) is 0 Å². The second-order valence-corrected chi connectivity index (χ2v) is 5.12. The molecule has 1 aliphatic carbocycles. The van der Waals surface area contributed by atoms with Crippen molar-refractivity contribution in [3.63, 3.8) is 0 Å². The standard InChI is InChI=1S/C13H23N5O/c1-4-14-10-15-11(17-12(16-10)19-5-2)18-13(3)8-6-7-9-13/h4-9H2,1-3H3,(H2,14,15,16,17,18). The predicted octanol–water partition coefficient (Wildman–Crippen LogP) is 2.45. The Hall–Kier alpha value is -1.59. The third-order valence-electron chi connectivity index (χ3n) is 3.34. The van der Waals surface area contributed by atoms with Gasteiger partial charge in [-0.3, -0.25) is 0 Å². The lowest BCUT2D eigenvalue weighted by atomic mass is 10.0. The molecular weight excluding hydrogens is 242 g/mol. The minimum absolute atomic E-state index is 0.0916. The lowest BCUT2D eigenvalue weighted by Gasteiger charge is -2.25. The van der Waals surface area contributed by atoms with Crippen LogP contribution < -0.4 is 15.4 Å². The van der Waals surface area contributed by atoms with E-state index in [0.29, 0.717) is 24.5 Å². The Labute approximate surface area is 114 Å². The van der Waals surface area contributed by atoms with E-state index in [1.54, 1.807) is 0 Å². The van der Waals surface area contributed by atoms with Crippen LogP contribution >= 0.6 is 0 Å². The number of aromatic nitrogens is 3. The van der Waals surface area contributed by atoms with Gasteiger partial charge in [0.05, 0.1) is 6.61 Å². The molecule has 1 aromatic rings. The molecule has 0 aliphatic heterocycles.